The second-order valence-electron chi connectivity index (χ2n) is 8.98. The molecule has 2 fully saturated rings. The molecular weight excluding hydrogens is 492 g/mol. The van der Waals surface area contributed by atoms with Crippen LogP contribution < -0.4 is 5.32 Å². The van der Waals surface area contributed by atoms with Crippen LogP contribution in [0.4, 0.5) is 17.6 Å². The molecule has 4 rings (SSSR count). The van der Waals surface area contributed by atoms with Gasteiger partial charge in [-0.2, -0.15) is 4.31 Å². The first kappa shape index (κ1) is 25.5. The maximum Gasteiger partial charge on any atom is 0.264 e. The summed E-state index contributed by atoms with van der Waals surface area (Å²) in [6, 6.07) is 3.07. The van der Waals surface area contributed by atoms with Crippen LogP contribution >= 0.6 is 0 Å². The Morgan fingerprint density at radius 1 is 1.06 bits per heavy atom. The van der Waals surface area contributed by atoms with Crippen molar-refractivity contribution >= 4 is 15.9 Å². The van der Waals surface area contributed by atoms with Crippen LogP contribution in [-0.4, -0.2) is 82.7 Å². The van der Waals surface area contributed by atoms with Gasteiger partial charge >= 0.3 is 0 Å². The SMILES string of the molecule is Cn1cc(S(=O)(=O)N2CCN(C3(CNC(=O)c4c(F)cccc4F)CCC(F)(F)CC3)CC2)nn1. The molecule has 1 saturated heterocycles. The van der Waals surface area contributed by atoms with Crippen LogP contribution in [0.5, 0.6) is 0 Å². The van der Waals surface area contributed by atoms with E-state index >= 15 is 0 Å². The van der Waals surface area contributed by atoms with Gasteiger partial charge in [0, 0.05) is 58.2 Å². The monoisotopic (exact) mass is 518 g/mol. The first-order valence-electron chi connectivity index (χ1n) is 11.2. The number of nitrogens with one attached hydrogen (secondary N) is 1. The van der Waals surface area contributed by atoms with Gasteiger partial charge in [-0.3, -0.25) is 14.4 Å². The van der Waals surface area contributed by atoms with Crippen LogP contribution in [0.1, 0.15) is 36.0 Å². The average molecular weight is 519 g/mol. The van der Waals surface area contributed by atoms with E-state index in [0.717, 1.165) is 18.2 Å². The van der Waals surface area contributed by atoms with Crippen molar-refractivity contribution in [2.75, 3.05) is 32.7 Å². The highest BCUT2D eigenvalue weighted by Crippen LogP contribution is 2.42. The van der Waals surface area contributed by atoms with E-state index in [1.807, 2.05) is 4.90 Å². The second-order valence-corrected chi connectivity index (χ2v) is 10.9. The number of sulfonamides is 1. The Hall–Kier alpha value is -2.58. The fourth-order valence-corrected chi connectivity index (χ4v) is 6.05. The first-order chi connectivity index (χ1) is 16.4. The molecule has 2 aliphatic rings. The third-order valence-corrected chi connectivity index (χ3v) is 8.54. The van der Waals surface area contributed by atoms with Crippen molar-refractivity contribution in [2.24, 2.45) is 7.05 Å². The Morgan fingerprint density at radius 3 is 2.20 bits per heavy atom. The number of hydrogen-bond acceptors (Lipinski definition) is 6. The van der Waals surface area contributed by atoms with E-state index in [4.69, 9.17) is 0 Å². The van der Waals surface area contributed by atoms with E-state index in [-0.39, 0.29) is 50.6 Å². The number of amides is 1. The minimum Gasteiger partial charge on any atom is -0.350 e. The molecule has 14 heteroatoms. The van der Waals surface area contributed by atoms with E-state index in [0.29, 0.717) is 0 Å². The van der Waals surface area contributed by atoms with E-state index in [2.05, 4.69) is 15.6 Å². The number of alkyl halides is 2. The minimum atomic E-state index is -3.87. The lowest BCUT2D eigenvalue weighted by molar-refractivity contribution is -0.0856. The zero-order valence-electron chi connectivity index (χ0n) is 19.1. The molecule has 0 spiro atoms. The number of aromatic nitrogens is 3. The molecular formula is C21H26F4N6O3S. The summed E-state index contributed by atoms with van der Waals surface area (Å²) in [5.74, 6) is -5.85. The Labute approximate surface area is 200 Å². The lowest BCUT2D eigenvalue weighted by atomic mass is 9.78. The van der Waals surface area contributed by atoms with Crippen molar-refractivity contribution in [3.8, 4) is 0 Å². The van der Waals surface area contributed by atoms with Crippen molar-refractivity contribution in [1.82, 2.24) is 29.5 Å². The molecule has 0 atom stereocenters. The van der Waals surface area contributed by atoms with E-state index in [1.165, 1.54) is 15.2 Å². The van der Waals surface area contributed by atoms with E-state index in [1.54, 1.807) is 7.05 Å². The van der Waals surface area contributed by atoms with E-state index in [9.17, 15) is 30.8 Å². The highest BCUT2D eigenvalue weighted by molar-refractivity contribution is 7.89. The smallest absolute Gasteiger partial charge is 0.264 e. The number of hydrogen-bond donors (Lipinski definition) is 1. The fourth-order valence-electron chi connectivity index (χ4n) is 4.71. The van der Waals surface area contributed by atoms with Gasteiger partial charge < -0.3 is 5.32 Å². The molecule has 1 aromatic heterocycles. The maximum atomic E-state index is 14.0. The van der Waals surface area contributed by atoms with Gasteiger partial charge in [-0.05, 0) is 25.0 Å². The number of carbonyl (C=O) groups is 1. The van der Waals surface area contributed by atoms with Gasteiger partial charge in [-0.25, -0.2) is 26.0 Å². The Kier molecular flexibility index (Phi) is 6.90. The summed E-state index contributed by atoms with van der Waals surface area (Å²) in [7, 11) is -2.32. The lowest BCUT2D eigenvalue weighted by Gasteiger charge is -2.50. The molecule has 192 valence electrons. The molecule has 0 unspecified atom stereocenters. The van der Waals surface area contributed by atoms with Crippen molar-refractivity contribution in [3.05, 3.63) is 41.6 Å². The van der Waals surface area contributed by atoms with Crippen LogP contribution in [0.2, 0.25) is 0 Å². The van der Waals surface area contributed by atoms with Crippen LogP contribution in [-0.2, 0) is 17.1 Å². The number of carbonyl (C=O) groups excluding carboxylic acids is 1. The van der Waals surface area contributed by atoms with Crippen LogP contribution in [0, 0.1) is 11.6 Å². The minimum absolute atomic E-state index is 0.0386. The third kappa shape index (κ3) is 5.19. The fraction of sp³-hybridized carbons (Fsp3) is 0.571. The predicted molar refractivity (Wildman–Crippen MR) is 116 cm³/mol. The highest BCUT2D eigenvalue weighted by atomic mass is 32.2. The van der Waals surface area contributed by atoms with Crippen molar-refractivity contribution < 1.29 is 30.8 Å². The maximum absolute atomic E-state index is 14.0. The van der Waals surface area contributed by atoms with Crippen molar-refractivity contribution in [3.63, 3.8) is 0 Å². The molecule has 1 aliphatic heterocycles. The van der Waals surface area contributed by atoms with Gasteiger partial charge in [0.2, 0.25) is 10.9 Å². The lowest BCUT2D eigenvalue weighted by Crippen LogP contribution is -2.63. The molecule has 0 radical (unpaired) electrons. The van der Waals surface area contributed by atoms with Gasteiger partial charge in [0.05, 0.1) is 6.20 Å². The number of halogens is 4. The highest BCUT2D eigenvalue weighted by Gasteiger charge is 2.48. The largest absolute Gasteiger partial charge is 0.350 e. The summed E-state index contributed by atoms with van der Waals surface area (Å²) in [5, 5.41) is 9.67. The van der Waals surface area contributed by atoms with Gasteiger partial charge in [-0.1, -0.05) is 11.3 Å². The Morgan fingerprint density at radius 2 is 1.66 bits per heavy atom. The summed E-state index contributed by atoms with van der Waals surface area (Å²) in [6.07, 6.45) is 0.557. The number of piperazine rings is 1. The molecule has 1 aromatic carbocycles. The van der Waals surface area contributed by atoms with Crippen LogP contribution in [0.3, 0.4) is 0 Å². The molecule has 1 N–H and O–H groups in total. The number of benzene rings is 1. The summed E-state index contributed by atoms with van der Waals surface area (Å²) in [5.41, 5.74) is -1.63. The van der Waals surface area contributed by atoms with Gasteiger partial charge in [0.15, 0.2) is 0 Å². The Balaban J connectivity index is 1.49. The molecule has 9 nitrogen and oxygen atoms in total. The van der Waals surface area contributed by atoms with Gasteiger partial charge in [0.25, 0.3) is 15.9 Å². The molecule has 0 bridgehead atoms. The summed E-state index contributed by atoms with van der Waals surface area (Å²) in [6.45, 7) is 0.538. The van der Waals surface area contributed by atoms with Crippen molar-refractivity contribution in [1.29, 1.82) is 0 Å². The van der Waals surface area contributed by atoms with Crippen LogP contribution in [0.25, 0.3) is 0 Å². The molecule has 2 aromatic rings. The summed E-state index contributed by atoms with van der Waals surface area (Å²) in [4.78, 5) is 14.5. The van der Waals surface area contributed by atoms with Crippen molar-refractivity contribution in [2.45, 2.75) is 42.2 Å². The van der Waals surface area contributed by atoms with Gasteiger partial charge in [-0.15, -0.1) is 5.10 Å². The second kappa shape index (κ2) is 9.47. The standard InChI is InChI=1S/C21H26F4N6O3S/c1-29-13-17(27-28-29)35(33,34)31-11-9-30(10-12-31)20(5-7-21(24,25)8-6-20)14-26-19(32)18-15(22)3-2-4-16(18)23/h2-4,13H,5-12,14H2,1H3,(H,26,32). The predicted octanol–water partition coefficient (Wildman–Crippen LogP) is 1.78. The summed E-state index contributed by atoms with van der Waals surface area (Å²) < 4.78 is 84.3. The zero-order valence-corrected chi connectivity index (χ0v) is 19.9. The zero-order chi connectivity index (χ0) is 25.4. The number of nitrogens with zero attached hydrogens (tertiary/aromatic N) is 5. The molecule has 1 amide bonds. The normalized spacial score (nSPS) is 21.1. The summed E-state index contributed by atoms with van der Waals surface area (Å²) >= 11 is 0. The first-order valence-corrected chi connectivity index (χ1v) is 12.6. The Bertz CT molecular complexity index is 1170. The average Bonchev–Trinajstić information content (AvgIpc) is 3.26. The third-order valence-electron chi connectivity index (χ3n) is 6.78. The molecule has 2 heterocycles. The molecule has 35 heavy (non-hydrogen) atoms. The molecule has 1 aliphatic carbocycles. The van der Waals surface area contributed by atoms with E-state index < -0.39 is 57.4 Å². The topological polar surface area (TPSA) is 100 Å². The number of aryl methyl sites for hydroxylation is 1. The van der Waals surface area contributed by atoms with Crippen LogP contribution in [0.15, 0.2) is 29.4 Å². The molecule has 1 saturated carbocycles. The van der Waals surface area contributed by atoms with Gasteiger partial charge in [0.1, 0.15) is 17.2 Å². The number of rotatable bonds is 6. The quantitative estimate of drug-likeness (QED) is 0.586.